The number of anilines is 1. The number of aryl methyl sites for hydroxylation is 1. The summed E-state index contributed by atoms with van der Waals surface area (Å²) in [6, 6.07) is 4.31. The Morgan fingerprint density at radius 2 is 2.20 bits per heavy atom. The Labute approximate surface area is 151 Å². The Kier molecular flexibility index (Phi) is 3.38. The zero-order valence-corrected chi connectivity index (χ0v) is 15.1. The Balaban J connectivity index is 1.46. The second kappa shape index (κ2) is 5.63. The van der Waals surface area contributed by atoms with E-state index >= 15 is 0 Å². The molecule has 5 heteroatoms. The molecule has 0 unspecified atom stereocenters. The first-order valence-corrected chi connectivity index (χ1v) is 9.66. The number of allylic oxidation sites excluding steroid dienone is 1. The van der Waals surface area contributed by atoms with Crippen molar-refractivity contribution < 1.29 is 0 Å². The molecular weight excluding hydrogens is 328 g/mol. The number of nitrogens with one attached hydrogen (secondary N) is 1. The molecule has 0 aliphatic heterocycles. The predicted molar refractivity (Wildman–Crippen MR) is 103 cm³/mol. The lowest BCUT2D eigenvalue weighted by Gasteiger charge is -2.17. The van der Waals surface area contributed by atoms with Crippen LogP contribution in [0, 0.1) is 5.41 Å². The van der Waals surface area contributed by atoms with E-state index in [1.54, 1.807) is 0 Å². The van der Waals surface area contributed by atoms with Crippen molar-refractivity contribution in [2.75, 3.05) is 11.9 Å². The van der Waals surface area contributed by atoms with Crippen LogP contribution in [-0.4, -0.2) is 21.5 Å². The zero-order valence-electron chi connectivity index (χ0n) is 14.2. The van der Waals surface area contributed by atoms with E-state index in [0.29, 0.717) is 5.41 Å². The number of pyridine rings is 1. The third-order valence-electron chi connectivity index (χ3n) is 5.25. The van der Waals surface area contributed by atoms with Gasteiger partial charge in [0.25, 0.3) is 0 Å². The third kappa shape index (κ3) is 2.82. The van der Waals surface area contributed by atoms with Crippen molar-refractivity contribution in [1.82, 2.24) is 15.0 Å². The Bertz CT molecular complexity index is 951. The Morgan fingerprint density at radius 3 is 3.04 bits per heavy atom. The van der Waals surface area contributed by atoms with Gasteiger partial charge >= 0.3 is 0 Å². The van der Waals surface area contributed by atoms with Crippen LogP contribution < -0.4 is 5.32 Å². The molecular formula is C20H20N4S. The van der Waals surface area contributed by atoms with Crippen molar-refractivity contribution in [3.63, 3.8) is 0 Å². The molecule has 1 N–H and O–H groups in total. The average Bonchev–Trinajstić information content (AvgIpc) is 3.22. The number of hydrogen-bond donors (Lipinski definition) is 1. The summed E-state index contributed by atoms with van der Waals surface area (Å²) in [5.41, 5.74) is 4.05. The van der Waals surface area contributed by atoms with Crippen LogP contribution >= 0.6 is 11.3 Å². The molecule has 5 rings (SSSR count). The topological polar surface area (TPSA) is 50.7 Å². The smallest absolute Gasteiger partial charge is 0.222 e. The highest BCUT2D eigenvalue weighted by Gasteiger charge is 2.37. The highest BCUT2D eigenvalue weighted by Crippen LogP contribution is 2.44. The lowest BCUT2D eigenvalue weighted by Crippen LogP contribution is -2.15. The first-order valence-electron chi connectivity index (χ1n) is 8.85. The van der Waals surface area contributed by atoms with E-state index in [-0.39, 0.29) is 0 Å². The average molecular weight is 348 g/mol. The molecule has 0 saturated heterocycles. The van der Waals surface area contributed by atoms with Gasteiger partial charge in [0, 0.05) is 45.7 Å². The minimum atomic E-state index is 0.454. The molecule has 3 aromatic rings. The van der Waals surface area contributed by atoms with Crippen LogP contribution in [0.5, 0.6) is 0 Å². The summed E-state index contributed by atoms with van der Waals surface area (Å²) in [5, 5.41) is 4.63. The van der Waals surface area contributed by atoms with Gasteiger partial charge in [-0.3, -0.25) is 4.98 Å². The quantitative estimate of drug-likeness (QED) is 0.744. The second-order valence-electron chi connectivity index (χ2n) is 7.40. The summed E-state index contributed by atoms with van der Waals surface area (Å²) in [5.74, 6) is 0.772. The summed E-state index contributed by atoms with van der Waals surface area (Å²) in [7, 11) is 0. The van der Waals surface area contributed by atoms with E-state index in [0.717, 1.165) is 31.0 Å². The molecule has 25 heavy (non-hydrogen) atoms. The molecule has 2 aliphatic carbocycles. The normalized spacial score (nSPS) is 17.9. The van der Waals surface area contributed by atoms with Crippen LogP contribution in [0.15, 0.2) is 36.8 Å². The van der Waals surface area contributed by atoms with Gasteiger partial charge in [-0.15, -0.1) is 11.3 Å². The molecule has 3 aromatic heterocycles. The lowest BCUT2D eigenvalue weighted by molar-refractivity contribution is 0.607. The summed E-state index contributed by atoms with van der Waals surface area (Å²) in [6.45, 7) is 3.29. The monoisotopic (exact) mass is 348 g/mol. The Hall–Kier alpha value is -2.27. The molecule has 1 fully saturated rings. The van der Waals surface area contributed by atoms with E-state index < -0.39 is 0 Å². The van der Waals surface area contributed by atoms with Crippen molar-refractivity contribution >= 4 is 32.9 Å². The van der Waals surface area contributed by atoms with Crippen LogP contribution in [0.1, 0.15) is 42.3 Å². The number of thiophene rings is 1. The largest absolute Gasteiger partial charge is 0.354 e. The summed E-state index contributed by atoms with van der Waals surface area (Å²) >= 11 is 1.81. The second-order valence-corrected chi connectivity index (χ2v) is 8.48. The molecule has 4 nitrogen and oxygen atoms in total. The standard InChI is InChI=1S/C20H20N4S/c1-20(6-7-20)12-23-19-22-11-15-14(3-2-4-16(15)24-19)18-9-13-10-21-8-5-17(13)25-18/h3,5,8-11H,2,4,6-7,12H2,1H3,(H,22,23,24). The molecule has 2 aliphatic rings. The van der Waals surface area contributed by atoms with Gasteiger partial charge in [0.15, 0.2) is 0 Å². The zero-order chi connectivity index (χ0) is 16.9. The maximum absolute atomic E-state index is 4.80. The van der Waals surface area contributed by atoms with Gasteiger partial charge in [-0.05, 0) is 48.8 Å². The van der Waals surface area contributed by atoms with Crippen molar-refractivity contribution in [3.05, 3.63) is 52.9 Å². The van der Waals surface area contributed by atoms with Gasteiger partial charge in [-0.25, -0.2) is 9.97 Å². The molecule has 1 saturated carbocycles. The molecule has 0 radical (unpaired) electrons. The Morgan fingerprint density at radius 1 is 1.28 bits per heavy atom. The van der Waals surface area contributed by atoms with Gasteiger partial charge < -0.3 is 5.32 Å². The van der Waals surface area contributed by atoms with Crippen LogP contribution in [-0.2, 0) is 6.42 Å². The molecule has 0 atom stereocenters. The van der Waals surface area contributed by atoms with E-state index in [9.17, 15) is 0 Å². The first kappa shape index (κ1) is 15.0. The maximum atomic E-state index is 4.80. The first-order chi connectivity index (χ1) is 12.2. The minimum absolute atomic E-state index is 0.454. The number of rotatable bonds is 4. The molecule has 126 valence electrons. The van der Waals surface area contributed by atoms with Gasteiger partial charge in [-0.2, -0.15) is 0 Å². The fourth-order valence-corrected chi connectivity index (χ4v) is 4.40. The van der Waals surface area contributed by atoms with E-state index in [2.05, 4.69) is 40.4 Å². The third-order valence-corrected chi connectivity index (χ3v) is 6.40. The number of nitrogens with zero attached hydrogens (tertiary/aromatic N) is 3. The fourth-order valence-electron chi connectivity index (χ4n) is 3.31. The van der Waals surface area contributed by atoms with Crippen LogP contribution in [0.4, 0.5) is 5.95 Å². The summed E-state index contributed by atoms with van der Waals surface area (Å²) in [6.07, 6.45) is 12.7. The molecule has 0 aromatic carbocycles. The summed E-state index contributed by atoms with van der Waals surface area (Å²) in [4.78, 5) is 14.9. The van der Waals surface area contributed by atoms with Gasteiger partial charge in [-0.1, -0.05) is 13.0 Å². The predicted octanol–water partition coefficient (Wildman–Crippen LogP) is 4.68. The molecule has 0 spiro atoms. The van der Waals surface area contributed by atoms with Crippen molar-refractivity contribution in [2.24, 2.45) is 5.41 Å². The van der Waals surface area contributed by atoms with Gasteiger partial charge in [0.1, 0.15) is 0 Å². The number of hydrogen-bond acceptors (Lipinski definition) is 5. The van der Waals surface area contributed by atoms with Crippen molar-refractivity contribution in [1.29, 1.82) is 0 Å². The van der Waals surface area contributed by atoms with E-state index in [4.69, 9.17) is 4.98 Å². The maximum Gasteiger partial charge on any atom is 0.222 e. The summed E-state index contributed by atoms with van der Waals surface area (Å²) < 4.78 is 1.27. The molecule has 0 amide bonds. The number of aromatic nitrogens is 3. The number of fused-ring (bicyclic) bond motifs is 2. The highest BCUT2D eigenvalue weighted by atomic mass is 32.1. The highest BCUT2D eigenvalue weighted by molar-refractivity contribution is 7.20. The van der Waals surface area contributed by atoms with Gasteiger partial charge in [0.2, 0.25) is 5.95 Å². The van der Waals surface area contributed by atoms with Gasteiger partial charge in [0.05, 0.1) is 5.69 Å². The molecule has 0 bridgehead atoms. The fraction of sp³-hybridized carbons (Fsp3) is 0.350. The van der Waals surface area contributed by atoms with Crippen LogP contribution in [0.25, 0.3) is 15.7 Å². The SMILES string of the molecule is CC1(CNc2ncc3c(n2)CCC=C3c2cc3cnccc3s2)CC1. The van der Waals surface area contributed by atoms with E-state index in [1.807, 2.05) is 29.9 Å². The van der Waals surface area contributed by atoms with Crippen LogP contribution in [0.3, 0.4) is 0 Å². The van der Waals surface area contributed by atoms with Crippen molar-refractivity contribution in [3.8, 4) is 0 Å². The molecule has 3 heterocycles. The van der Waals surface area contributed by atoms with E-state index in [1.165, 1.54) is 38.9 Å². The van der Waals surface area contributed by atoms with Crippen molar-refractivity contribution in [2.45, 2.75) is 32.6 Å². The minimum Gasteiger partial charge on any atom is -0.354 e. The van der Waals surface area contributed by atoms with Crippen LogP contribution in [0.2, 0.25) is 0 Å². The lowest BCUT2D eigenvalue weighted by atomic mass is 9.95.